The second-order valence-corrected chi connectivity index (χ2v) is 7.59. The highest BCUT2D eigenvalue weighted by Gasteiger charge is 2.17. The normalized spacial score (nSPS) is 11.4. The van der Waals surface area contributed by atoms with E-state index in [-0.39, 0.29) is 5.15 Å². The van der Waals surface area contributed by atoms with Crippen LogP contribution < -0.4 is 0 Å². The lowest BCUT2D eigenvalue weighted by Gasteiger charge is -2.03. The molecule has 0 amide bonds. The second-order valence-electron chi connectivity index (χ2n) is 5.83. The van der Waals surface area contributed by atoms with Crippen molar-refractivity contribution in [2.45, 2.75) is 24.8 Å². The quantitative estimate of drug-likeness (QED) is 0.496. The van der Waals surface area contributed by atoms with Gasteiger partial charge >= 0.3 is 0 Å². The summed E-state index contributed by atoms with van der Waals surface area (Å²) in [7, 11) is 0. The number of aromatic nitrogens is 6. The number of nitrogens with one attached hydrogen (secondary N) is 1. The van der Waals surface area contributed by atoms with Crippen molar-refractivity contribution in [1.82, 2.24) is 29.9 Å². The molecule has 0 radical (unpaired) electrons. The molecule has 0 unspecified atom stereocenters. The smallest absolute Gasteiger partial charge is 0.202 e. The number of aromatic amines is 1. The van der Waals surface area contributed by atoms with Crippen molar-refractivity contribution in [2.75, 3.05) is 0 Å². The molecule has 0 spiro atoms. The van der Waals surface area contributed by atoms with E-state index in [2.05, 4.69) is 25.3 Å². The number of hydrogen-bond donors (Lipinski definition) is 1. The van der Waals surface area contributed by atoms with Crippen molar-refractivity contribution in [1.29, 1.82) is 0 Å². The minimum atomic E-state index is 0.264. The summed E-state index contributed by atoms with van der Waals surface area (Å²) in [5, 5.41) is 14.4. The van der Waals surface area contributed by atoms with Crippen molar-refractivity contribution < 1.29 is 0 Å². The van der Waals surface area contributed by atoms with Gasteiger partial charge in [0.2, 0.25) is 5.82 Å². The SMILES string of the molecule is Cc1cc(C)n(-c2nnc(Cl)c3nc(SCc4ccc(Cl)cc4)[nH]c23)n1. The molecular weight excluding hydrogens is 391 g/mol. The molecule has 6 nitrogen and oxygen atoms in total. The molecule has 0 saturated carbocycles. The number of rotatable bonds is 4. The zero-order valence-corrected chi connectivity index (χ0v) is 16.3. The predicted octanol–water partition coefficient (Wildman–Crippen LogP) is 4.75. The van der Waals surface area contributed by atoms with Gasteiger partial charge in [-0.1, -0.05) is 47.1 Å². The fourth-order valence-corrected chi connectivity index (χ4v) is 3.77. The minimum absolute atomic E-state index is 0.264. The first-order valence-electron chi connectivity index (χ1n) is 7.84. The first-order valence-corrected chi connectivity index (χ1v) is 9.58. The topological polar surface area (TPSA) is 72.3 Å². The number of fused-ring (bicyclic) bond motifs is 1. The predicted molar refractivity (Wildman–Crippen MR) is 104 cm³/mol. The third-order valence-electron chi connectivity index (χ3n) is 3.83. The van der Waals surface area contributed by atoms with E-state index in [9.17, 15) is 0 Å². The summed E-state index contributed by atoms with van der Waals surface area (Å²) in [5.41, 5.74) is 4.33. The molecule has 0 aliphatic rings. The summed E-state index contributed by atoms with van der Waals surface area (Å²) in [6, 6.07) is 9.73. The molecule has 0 atom stereocenters. The van der Waals surface area contributed by atoms with Crippen LogP contribution in [0.3, 0.4) is 0 Å². The maximum atomic E-state index is 6.20. The van der Waals surface area contributed by atoms with E-state index in [0.29, 0.717) is 11.3 Å². The van der Waals surface area contributed by atoms with Crippen LogP contribution in [-0.4, -0.2) is 29.9 Å². The number of H-pyrrole nitrogens is 1. The highest BCUT2D eigenvalue weighted by atomic mass is 35.5. The summed E-state index contributed by atoms with van der Waals surface area (Å²) in [4.78, 5) is 7.87. The van der Waals surface area contributed by atoms with Gasteiger partial charge in [-0.3, -0.25) is 0 Å². The number of thioether (sulfide) groups is 1. The Morgan fingerprint density at radius 1 is 1.12 bits per heavy atom. The number of imidazole rings is 1. The average Bonchev–Trinajstić information content (AvgIpc) is 3.19. The van der Waals surface area contributed by atoms with E-state index in [1.54, 1.807) is 16.4 Å². The van der Waals surface area contributed by atoms with Crippen LogP contribution in [0.1, 0.15) is 17.0 Å². The van der Waals surface area contributed by atoms with Gasteiger partial charge in [0.15, 0.2) is 10.3 Å². The van der Waals surface area contributed by atoms with E-state index in [1.807, 2.05) is 44.2 Å². The lowest BCUT2D eigenvalue weighted by Crippen LogP contribution is -2.04. The zero-order chi connectivity index (χ0) is 18.3. The van der Waals surface area contributed by atoms with Gasteiger partial charge in [0, 0.05) is 16.5 Å². The van der Waals surface area contributed by atoms with Crippen LogP contribution in [-0.2, 0) is 5.75 Å². The molecule has 0 aliphatic heterocycles. The summed E-state index contributed by atoms with van der Waals surface area (Å²) >= 11 is 13.7. The van der Waals surface area contributed by atoms with E-state index in [4.69, 9.17) is 23.2 Å². The Morgan fingerprint density at radius 3 is 2.58 bits per heavy atom. The Kier molecular flexibility index (Phi) is 4.60. The third-order valence-corrected chi connectivity index (χ3v) is 5.28. The van der Waals surface area contributed by atoms with Gasteiger partial charge in [-0.2, -0.15) is 5.10 Å². The number of benzene rings is 1. The fraction of sp³-hybridized carbons (Fsp3) is 0.176. The zero-order valence-electron chi connectivity index (χ0n) is 14.0. The van der Waals surface area contributed by atoms with Crippen LogP contribution in [0.25, 0.3) is 16.9 Å². The first-order chi connectivity index (χ1) is 12.5. The maximum Gasteiger partial charge on any atom is 0.202 e. The fourth-order valence-electron chi connectivity index (χ4n) is 2.64. The van der Waals surface area contributed by atoms with E-state index in [0.717, 1.165) is 38.4 Å². The molecule has 3 heterocycles. The highest BCUT2D eigenvalue weighted by Crippen LogP contribution is 2.29. The van der Waals surface area contributed by atoms with Crippen LogP contribution in [0.4, 0.5) is 0 Å². The molecule has 26 heavy (non-hydrogen) atoms. The van der Waals surface area contributed by atoms with Crippen molar-refractivity contribution in [3.63, 3.8) is 0 Å². The maximum absolute atomic E-state index is 6.20. The minimum Gasteiger partial charge on any atom is -0.330 e. The first kappa shape index (κ1) is 17.3. The summed E-state index contributed by atoms with van der Waals surface area (Å²) in [6.07, 6.45) is 0. The van der Waals surface area contributed by atoms with Crippen LogP contribution in [0.15, 0.2) is 35.5 Å². The van der Waals surface area contributed by atoms with E-state index < -0.39 is 0 Å². The number of halogens is 2. The third kappa shape index (κ3) is 3.30. The molecule has 132 valence electrons. The lowest BCUT2D eigenvalue weighted by molar-refractivity contribution is 0.789. The largest absolute Gasteiger partial charge is 0.330 e. The Morgan fingerprint density at radius 2 is 1.88 bits per heavy atom. The van der Waals surface area contributed by atoms with Crippen molar-refractivity contribution >= 4 is 46.0 Å². The molecule has 0 bridgehead atoms. The number of hydrogen-bond acceptors (Lipinski definition) is 5. The monoisotopic (exact) mass is 404 g/mol. The Balaban J connectivity index is 1.69. The van der Waals surface area contributed by atoms with E-state index in [1.165, 1.54) is 0 Å². The van der Waals surface area contributed by atoms with Crippen LogP contribution in [0.2, 0.25) is 10.2 Å². The van der Waals surface area contributed by atoms with Gasteiger partial charge in [0.1, 0.15) is 11.0 Å². The van der Waals surface area contributed by atoms with E-state index >= 15 is 0 Å². The molecule has 1 N–H and O–H groups in total. The molecule has 4 aromatic rings. The summed E-state index contributed by atoms with van der Waals surface area (Å²) < 4.78 is 1.74. The Hall–Kier alpha value is -2.09. The summed E-state index contributed by atoms with van der Waals surface area (Å²) in [5.74, 6) is 1.34. The highest BCUT2D eigenvalue weighted by molar-refractivity contribution is 7.98. The average molecular weight is 405 g/mol. The van der Waals surface area contributed by atoms with Gasteiger partial charge in [0.05, 0.1) is 5.69 Å². The summed E-state index contributed by atoms with van der Waals surface area (Å²) in [6.45, 7) is 3.90. The second kappa shape index (κ2) is 6.90. The van der Waals surface area contributed by atoms with Gasteiger partial charge in [-0.25, -0.2) is 9.67 Å². The van der Waals surface area contributed by atoms with Crippen molar-refractivity contribution in [2.24, 2.45) is 0 Å². The molecule has 9 heteroatoms. The lowest BCUT2D eigenvalue weighted by atomic mass is 10.2. The molecule has 0 saturated heterocycles. The van der Waals surface area contributed by atoms with Crippen LogP contribution >= 0.6 is 35.0 Å². The molecular formula is C17H14Cl2N6S. The van der Waals surface area contributed by atoms with Gasteiger partial charge in [-0.05, 0) is 37.6 Å². The molecule has 0 aliphatic carbocycles. The van der Waals surface area contributed by atoms with Crippen LogP contribution in [0, 0.1) is 13.8 Å². The van der Waals surface area contributed by atoms with Crippen molar-refractivity contribution in [3.05, 3.63) is 57.5 Å². The Labute approximate surface area is 163 Å². The van der Waals surface area contributed by atoms with Gasteiger partial charge in [-0.15, -0.1) is 10.2 Å². The van der Waals surface area contributed by atoms with Gasteiger partial charge < -0.3 is 4.98 Å². The van der Waals surface area contributed by atoms with Crippen LogP contribution in [0.5, 0.6) is 0 Å². The standard InChI is InChI=1S/C17H14Cl2N6S/c1-9-7-10(2)25(24-9)16-14-13(15(19)22-23-16)20-17(21-14)26-8-11-3-5-12(18)6-4-11/h3-7H,8H2,1-2H3,(H,20,21). The number of aryl methyl sites for hydroxylation is 2. The molecule has 1 aromatic carbocycles. The number of nitrogens with zero attached hydrogens (tertiary/aromatic N) is 5. The molecule has 4 rings (SSSR count). The molecule has 0 fully saturated rings. The molecule has 3 aromatic heterocycles. The Bertz CT molecular complexity index is 1090. The van der Waals surface area contributed by atoms with Crippen molar-refractivity contribution in [3.8, 4) is 5.82 Å². The van der Waals surface area contributed by atoms with Gasteiger partial charge in [0.25, 0.3) is 0 Å².